The first-order chi connectivity index (χ1) is 8.54. The number of rotatable bonds is 1. The predicted molar refractivity (Wildman–Crippen MR) is 78.9 cm³/mol. The molecule has 1 N–H and O–H groups in total. The van der Waals surface area contributed by atoms with E-state index in [0.29, 0.717) is 9.23 Å². The lowest BCUT2D eigenvalue weighted by Crippen LogP contribution is -2.17. The van der Waals surface area contributed by atoms with Crippen LogP contribution in [0.2, 0.25) is 0 Å². The fourth-order valence-electron chi connectivity index (χ4n) is 1.80. The van der Waals surface area contributed by atoms with E-state index >= 15 is 0 Å². The van der Waals surface area contributed by atoms with Crippen LogP contribution >= 0.6 is 35.3 Å². The van der Waals surface area contributed by atoms with E-state index < -0.39 is 0 Å². The first-order valence-electron chi connectivity index (χ1n) is 5.24. The van der Waals surface area contributed by atoms with Crippen molar-refractivity contribution in [2.45, 2.75) is 13.8 Å². The summed E-state index contributed by atoms with van der Waals surface area (Å²) in [4.78, 5) is 18.9. The molecule has 0 saturated carbocycles. The lowest BCUT2D eigenvalue weighted by Gasteiger charge is -1.95. The molecule has 4 nitrogen and oxygen atoms in total. The van der Waals surface area contributed by atoms with Crippen molar-refractivity contribution in [2.75, 3.05) is 0 Å². The Labute approximate surface area is 117 Å². The van der Waals surface area contributed by atoms with Crippen molar-refractivity contribution in [3.05, 3.63) is 27.4 Å². The number of hydrogen-bond donors (Lipinski definition) is 1. The molecule has 0 radical (unpaired) electrons. The maximum atomic E-state index is 11.6. The quantitative estimate of drug-likeness (QED) is 0.648. The summed E-state index contributed by atoms with van der Waals surface area (Å²) >= 11 is 7.90. The van der Waals surface area contributed by atoms with Crippen LogP contribution in [0.4, 0.5) is 0 Å². The zero-order valence-electron chi connectivity index (χ0n) is 9.68. The highest BCUT2D eigenvalue weighted by atomic mass is 32.2. The molecule has 0 aliphatic carbocycles. The van der Waals surface area contributed by atoms with Gasteiger partial charge in [-0.25, -0.2) is 4.98 Å². The highest BCUT2D eigenvalue weighted by molar-refractivity contribution is 8.26. The Morgan fingerprint density at radius 3 is 2.94 bits per heavy atom. The van der Waals surface area contributed by atoms with Gasteiger partial charge in [0.05, 0.1) is 16.3 Å². The van der Waals surface area contributed by atoms with Crippen LogP contribution in [0.5, 0.6) is 0 Å². The van der Waals surface area contributed by atoms with Gasteiger partial charge in [-0.2, -0.15) is 0 Å². The molecule has 1 aliphatic rings. The van der Waals surface area contributed by atoms with Gasteiger partial charge in [-0.1, -0.05) is 24.0 Å². The molecule has 18 heavy (non-hydrogen) atoms. The Morgan fingerprint density at radius 2 is 2.28 bits per heavy atom. The summed E-state index contributed by atoms with van der Waals surface area (Å²) in [6, 6.07) is 0. The van der Waals surface area contributed by atoms with Crippen LogP contribution in [0.3, 0.4) is 0 Å². The molecule has 0 spiro atoms. The second kappa shape index (κ2) is 4.18. The normalized spacial score (nSPS) is 18.0. The number of fused-ring (bicyclic) bond motifs is 1. The van der Waals surface area contributed by atoms with E-state index in [0.717, 1.165) is 16.3 Å². The monoisotopic (exact) mass is 295 g/mol. The minimum absolute atomic E-state index is 0.133. The molecule has 7 heteroatoms. The second-order valence-electron chi connectivity index (χ2n) is 3.93. The predicted octanol–water partition coefficient (Wildman–Crippen LogP) is 2.50. The minimum Gasteiger partial charge on any atom is -0.307 e. The first-order valence-corrected chi connectivity index (χ1v) is 7.28. The third-order valence-electron chi connectivity index (χ3n) is 2.57. The van der Waals surface area contributed by atoms with Gasteiger partial charge in [-0.05, 0) is 19.9 Å². The summed E-state index contributed by atoms with van der Waals surface area (Å²) < 4.78 is 2.52. The number of aromatic nitrogens is 2. The maximum Gasteiger partial charge on any atom is 0.263 e. The fourth-order valence-corrected chi connectivity index (χ4v) is 3.70. The topological polar surface area (TPSA) is 46.4 Å². The van der Waals surface area contributed by atoms with E-state index in [2.05, 4.69) is 10.3 Å². The van der Waals surface area contributed by atoms with Crippen LogP contribution in [0.15, 0.2) is 11.1 Å². The van der Waals surface area contributed by atoms with Crippen molar-refractivity contribution in [1.29, 1.82) is 0 Å². The molecule has 2 aromatic heterocycles. The van der Waals surface area contributed by atoms with Crippen molar-refractivity contribution in [1.82, 2.24) is 14.7 Å². The van der Waals surface area contributed by atoms with Gasteiger partial charge in [0.25, 0.3) is 5.91 Å². The third-order valence-corrected chi connectivity index (χ3v) is 4.63. The smallest absolute Gasteiger partial charge is 0.263 e. The Kier molecular flexibility index (Phi) is 2.76. The van der Waals surface area contributed by atoms with Gasteiger partial charge in [0.1, 0.15) is 4.32 Å². The molecule has 92 valence electrons. The Balaban J connectivity index is 2.14. The van der Waals surface area contributed by atoms with E-state index in [1.54, 1.807) is 11.3 Å². The highest BCUT2D eigenvalue weighted by Crippen LogP contribution is 2.28. The molecule has 0 unspecified atom stereocenters. The number of imidazole rings is 1. The van der Waals surface area contributed by atoms with Crippen LogP contribution in [-0.2, 0) is 4.79 Å². The number of carbonyl (C=O) groups is 1. The summed E-state index contributed by atoms with van der Waals surface area (Å²) in [6.07, 6.45) is 3.88. The summed E-state index contributed by atoms with van der Waals surface area (Å²) in [5, 5.41) is 2.61. The van der Waals surface area contributed by atoms with Gasteiger partial charge >= 0.3 is 0 Å². The van der Waals surface area contributed by atoms with Crippen molar-refractivity contribution in [2.24, 2.45) is 0 Å². The summed E-state index contributed by atoms with van der Waals surface area (Å²) in [6.45, 7) is 3.98. The molecular formula is C11H9N3OS3. The van der Waals surface area contributed by atoms with Crippen molar-refractivity contribution < 1.29 is 4.79 Å². The first kappa shape index (κ1) is 11.9. The number of thioether (sulfide) groups is 1. The average Bonchev–Trinajstić information content (AvgIpc) is 2.85. The van der Waals surface area contributed by atoms with E-state index in [9.17, 15) is 4.79 Å². The lowest BCUT2D eigenvalue weighted by molar-refractivity contribution is -0.115. The molecule has 1 saturated heterocycles. The van der Waals surface area contributed by atoms with Gasteiger partial charge < -0.3 is 5.32 Å². The Bertz CT molecular complexity index is 711. The van der Waals surface area contributed by atoms with Gasteiger partial charge in [0, 0.05) is 11.1 Å². The number of hydrogen-bond acceptors (Lipinski definition) is 5. The maximum absolute atomic E-state index is 11.6. The van der Waals surface area contributed by atoms with Crippen molar-refractivity contribution in [3.63, 3.8) is 0 Å². The molecule has 0 atom stereocenters. The lowest BCUT2D eigenvalue weighted by atomic mass is 10.3. The van der Waals surface area contributed by atoms with Crippen LogP contribution in [0, 0.1) is 13.8 Å². The molecule has 1 amide bonds. The standard InChI is InChI=1S/C11H9N3OS3/c1-5-4-14-7(6(2)12-10(14)17-5)3-8-9(15)13-11(16)18-8/h3-4H,1-2H3,(H,13,15,16). The number of carbonyl (C=O) groups excluding carboxylic acids is 1. The van der Waals surface area contributed by atoms with Crippen LogP contribution < -0.4 is 5.32 Å². The number of thiocarbonyl (C=S) groups is 1. The third kappa shape index (κ3) is 1.88. The molecule has 0 bridgehead atoms. The summed E-state index contributed by atoms with van der Waals surface area (Å²) in [7, 11) is 0. The molecule has 1 aliphatic heterocycles. The zero-order valence-corrected chi connectivity index (χ0v) is 12.1. The molecular weight excluding hydrogens is 286 g/mol. The number of amides is 1. The highest BCUT2D eigenvalue weighted by Gasteiger charge is 2.23. The molecule has 3 heterocycles. The number of aryl methyl sites for hydroxylation is 2. The van der Waals surface area contributed by atoms with Crippen LogP contribution in [0.1, 0.15) is 16.3 Å². The van der Waals surface area contributed by atoms with Crippen LogP contribution in [-0.4, -0.2) is 19.6 Å². The van der Waals surface area contributed by atoms with Gasteiger partial charge in [0.15, 0.2) is 4.96 Å². The Hall–Kier alpha value is -1.18. The van der Waals surface area contributed by atoms with Gasteiger partial charge in [-0.15, -0.1) is 11.3 Å². The van der Waals surface area contributed by atoms with Crippen molar-refractivity contribution >= 4 is 56.6 Å². The largest absolute Gasteiger partial charge is 0.307 e. The summed E-state index contributed by atoms with van der Waals surface area (Å²) in [5.41, 5.74) is 1.86. The van der Waals surface area contributed by atoms with Gasteiger partial charge in [-0.3, -0.25) is 9.20 Å². The Morgan fingerprint density at radius 1 is 1.50 bits per heavy atom. The number of nitrogens with one attached hydrogen (secondary N) is 1. The zero-order chi connectivity index (χ0) is 12.9. The molecule has 0 aromatic carbocycles. The van der Waals surface area contributed by atoms with E-state index in [1.165, 1.54) is 16.6 Å². The minimum atomic E-state index is -0.133. The molecule has 2 aromatic rings. The SMILES string of the molecule is Cc1cn2c(C=C3SC(=S)NC3=O)c(C)nc2s1. The van der Waals surface area contributed by atoms with Crippen molar-refractivity contribution in [3.8, 4) is 0 Å². The number of thiazole rings is 1. The molecule has 3 rings (SSSR count). The van der Waals surface area contributed by atoms with E-state index in [-0.39, 0.29) is 5.91 Å². The molecule has 1 fully saturated rings. The van der Waals surface area contributed by atoms with E-state index in [4.69, 9.17) is 12.2 Å². The van der Waals surface area contributed by atoms with Gasteiger partial charge in [0.2, 0.25) is 0 Å². The fraction of sp³-hybridized carbons (Fsp3) is 0.182. The average molecular weight is 295 g/mol. The second-order valence-corrected chi connectivity index (χ2v) is 6.86. The number of nitrogens with zero attached hydrogens (tertiary/aromatic N) is 2. The summed E-state index contributed by atoms with van der Waals surface area (Å²) in [5.74, 6) is -0.133. The van der Waals surface area contributed by atoms with Crippen LogP contribution in [0.25, 0.3) is 11.0 Å². The van der Waals surface area contributed by atoms with E-state index in [1.807, 2.05) is 30.5 Å².